The molecule has 1 saturated heterocycles. The Labute approximate surface area is 150 Å². The van der Waals surface area contributed by atoms with Crippen molar-refractivity contribution in [2.24, 2.45) is 0 Å². The van der Waals surface area contributed by atoms with Gasteiger partial charge >= 0.3 is 6.03 Å². The van der Waals surface area contributed by atoms with E-state index in [1.165, 1.54) is 4.88 Å². The fraction of sp³-hybridized carbons (Fsp3) is 0.333. The molecule has 6 nitrogen and oxygen atoms in total. The SMILES string of the molecule is O=C(NCc1cccs1)N1CCN(Cc2nc3ccccc3[nH]2)CC1. The Balaban J connectivity index is 1.27. The first-order valence-electron chi connectivity index (χ1n) is 8.49. The zero-order valence-corrected chi connectivity index (χ0v) is 14.8. The monoisotopic (exact) mass is 355 g/mol. The van der Waals surface area contributed by atoms with E-state index < -0.39 is 0 Å². The summed E-state index contributed by atoms with van der Waals surface area (Å²) in [6, 6.07) is 12.1. The molecule has 1 aliphatic rings. The third-order valence-corrected chi connectivity index (χ3v) is 5.34. The first kappa shape index (κ1) is 16.1. The molecule has 0 spiro atoms. The summed E-state index contributed by atoms with van der Waals surface area (Å²) in [7, 11) is 0. The summed E-state index contributed by atoms with van der Waals surface area (Å²) >= 11 is 1.66. The van der Waals surface area contributed by atoms with E-state index in [1.807, 2.05) is 46.7 Å². The van der Waals surface area contributed by atoms with Crippen LogP contribution in [0.2, 0.25) is 0 Å². The molecule has 7 heteroatoms. The fourth-order valence-corrected chi connectivity index (χ4v) is 3.73. The molecule has 2 N–H and O–H groups in total. The van der Waals surface area contributed by atoms with Crippen LogP contribution in [0.15, 0.2) is 41.8 Å². The second kappa shape index (κ2) is 7.25. The number of nitrogens with one attached hydrogen (secondary N) is 2. The van der Waals surface area contributed by atoms with Crippen molar-refractivity contribution < 1.29 is 4.79 Å². The lowest BCUT2D eigenvalue weighted by atomic mass is 10.3. The van der Waals surface area contributed by atoms with Crippen LogP contribution in [0.4, 0.5) is 4.79 Å². The van der Waals surface area contributed by atoms with Crippen LogP contribution in [0.1, 0.15) is 10.7 Å². The van der Waals surface area contributed by atoms with Crippen molar-refractivity contribution in [3.8, 4) is 0 Å². The molecule has 0 atom stereocenters. The summed E-state index contributed by atoms with van der Waals surface area (Å²) in [5.41, 5.74) is 2.08. The number of imidazole rings is 1. The zero-order valence-electron chi connectivity index (χ0n) is 13.9. The van der Waals surface area contributed by atoms with Crippen molar-refractivity contribution in [3.63, 3.8) is 0 Å². The van der Waals surface area contributed by atoms with Gasteiger partial charge in [-0.3, -0.25) is 4.90 Å². The number of hydrogen-bond donors (Lipinski definition) is 2. The van der Waals surface area contributed by atoms with Crippen LogP contribution in [-0.2, 0) is 13.1 Å². The summed E-state index contributed by atoms with van der Waals surface area (Å²) in [6.07, 6.45) is 0. The maximum atomic E-state index is 12.3. The second-order valence-corrected chi connectivity index (χ2v) is 7.23. The van der Waals surface area contributed by atoms with Gasteiger partial charge in [0.25, 0.3) is 0 Å². The van der Waals surface area contributed by atoms with Crippen molar-refractivity contribution in [3.05, 3.63) is 52.5 Å². The summed E-state index contributed by atoms with van der Waals surface area (Å²) in [4.78, 5) is 25.7. The van der Waals surface area contributed by atoms with Gasteiger partial charge in [-0.15, -0.1) is 11.3 Å². The van der Waals surface area contributed by atoms with Crippen LogP contribution in [-0.4, -0.2) is 52.0 Å². The molecule has 0 bridgehead atoms. The highest BCUT2D eigenvalue weighted by atomic mass is 32.1. The van der Waals surface area contributed by atoms with Gasteiger partial charge in [-0.1, -0.05) is 18.2 Å². The average Bonchev–Trinajstić information content (AvgIpc) is 3.29. The van der Waals surface area contributed by atoms with Gasteiger partial charge in [-0.05, 0) is 23.6 Å². The average molecular weight is 355 g/mol. The third-order valence-electron chi connectivity index (χ3n) is 4.47. The molecule has 3 aromatic rings. The largest absolute Gasteiger partial charge is 0.341 e. The molecule has 1 aromatic carbocycles. The topological polar surface area (TPSA) is 64.3 Å². The molecule has 0 unspecified atom stereocenters. The minimum Gasteiger partial charge on any atom is -0.341 e. The van der Waals surface area contributed by atoms with Crippen molar-refractivity contribution >= 4 is 28.4 Å². The fourth-order valence-electron chi connectivity index (χ4n) is 3.09. The number of rotatable bonds is 4. The zero-order chi connectivity index (χ0) is 17.1. The smallest absolute Gasteiger partial charge is 0.317 e. The lowest BCUT2D eigenvalue weighted by Gasteiger charge is -2.34. The highest BCUT2D eigenvalue weighted by Gasteiger charge is 2.21. The van der Waals surface area contributed by atoms with Gasteiger partial charge in [-0.2, -0.15) is 0 Å². The van der Waals surface area contributed by atoms with Crippen LogP contribution in [0, 0.1) is 0 Å². The number of amides is 2. The van der Waals surface area contributed by atoms with E-state index >= 15 is 0 Å². The van der Waals surface area contributed by atoms with Gasteiger partial charge in [0.2, 0.25) is 0 Å². The van der Waals surface area contributed by atoms with E-state index in [-0.39, 0.29) is 6.03 Å². The first-order chi connectivity index (χ1) is 12.3. The van der Waals surface area contributed by atoms with E-state index in [9.17, 15) is 4.79 Å². The molecule has 0 radical (unpaired) electrons. The standard InChI is InChI=1S/C18H21N5OS/c24-18(19-12-14-4-3-11-25-14)23-9-7-22(8-10-23)13-17-20-15-5-1-2-6-16(15)21-17/h1-6,11H,7-10,12-13H2,(H,19,24)(H,20,21). The molecule has 0 saturated carbocycles. The highest BCUT2D eigenvalue weighted by Crippen LogP contribution is 2.13. The van der Waals surface area contributed by atoms with Crippen molar-refractivity contribution in [1.82, 2.24) is 25.1 Å². The molecular formula is C18H21N5OS. The lowest BCUT2D eigenvalue weighted by Crippen LogP contribution is -2.51. The van der Waals surface area contributed by atoms with Crippen LogP contribution >= 0.6 is 11.3 Å². The van der Waals surface area contributed by atoms with E-state index in [4.69, 9.17) is 0 Å². The van der Waals surface area contributed by atoms with Crippen LogP contribution < -0.4 is 5.32 Å². The number of hydrogen-bond acceptors (Lipinski definition) is 4. The van der Waals surface area contributed by atoms with Crippen molar-refractivity contribution in [2.45, 2.75) is 13.1 Å². The minimum atomic E-state index is 0.0248. The number of carbonyl (C=O) groups is 1. The molecule has 25 heavy (non-hydrogen) atoms. The van der Waals surface area contributed by atoms with Gasteiger partial charge in [0.1, 0.15) is 5.82 Å². The Morgan fingerprint density at radius 2 is 2.00 bits per heavy atom. The number of aromatic nitrogens is 2. The predicted molar refractivity (Wildman–Crippen MR) is 99.5 cm³/mol. The highest BCUT2D eigenvalue weighted by molar-refractivity contribution is 7.09. The summed E-state index contributed by atoms with van der Waals surface area (Å²) < 4.78 is 0. The van der Waals surface area contributed by atoms with Gasteiger partial charge in [-0.25, -0.2) is 9.78 Å². The Morgan fingerprint density at radius 1 is 1.16 bits per heavy atom. The van der Waals surface area contributed by atoms with E-state index in [2.05, 4.69) is 20.2 Å². The van der Waals surface area contributed by atoms with Gasteiger partial charge in [0, 0.05) is 31.1 Å². The summed E-state index contributed by atoms with van der Waals surface area (Å²) in [5, 5.41) is 5.02. The quantitative estimate of drug-likeness (QED) is 0.756. The number of H-pyrrole nitrogens is 1. The number of piperazine rings is 1. The lowest BCUT2D eigenvalue weighted by molar-refractivity contribution is 0.133. The van der Waals surface area contributed by atoms with Crippen LogP contribution in [0.5, 0.6) is 0 Å². The van der Waals surface area contributed by atoms with E-state index in [1.54, 1.807) is 11.3 Å². The number of benzene rings is 1. The number of para-hydroxylation sites is 2. The normalized spacial score (nSPS) is 15.6. The maximum Gasteiger partial charge on any atom is 0.317 e. The predicted octanol–water partition coefficient (Wildman–Crippen LogP) is 2.65. The van der Waals surface area contributed by atoms with E-state index in [0.29, 0.717) is 6.54 Å². The van der Waals surface area contributed by atoms with E-state index in [0.717, 1.165) is 49.6 Å². The molecule has 3 heterocycles. The second-order valence-electron chi connectivity index (χ2n) is 6.20. The van der Waals surface area contributed by atoms with Gasteiger partial charge in [0.15, 0.2) is 0 Å². The third kappa shape index (κ3) is 3.83. The summed E-state index contributed by atoms with van der Waals surface area (Å²) in [6.45, 7) is 4.62. The Kier molecular flexibility index (Phi) is 4.67. The Hall–Kier alpha value is -2.38. The Morgan fingerprint density at radius 3 is 2.76 bits per heavy atom. The number of fused-ring (bicyclic) bond motifs is 1. The molecule has 4 rings (SSSR count). The maximum absolute atomic E-state index is 12.3. The van der Waals surface area contributed by atoms with Crippen molar-refractivity contribution in [1.29, 1.82) is 0 Å². The molecule has 1 fully saturated rings. The van der Waals surface area contributed by atoms with Gasteiger partial charge < -0.3 is 15.2 Å². The molecule has 0 aliphatic carbocycles. The first-order valence-corrected chi connectivity index (χ1v) is 9.37. The summed E-state index contributed by atoms with van der Waals surface area (Å²) in [5.74, 6) is 0.983. The molecule has 1 aliphatic heterocycles. The van der Waals surface area contributed by atoms with Crippen LogP contribution in [0.3, 0.4) is 0 Å². The van der Waals surface area contributed by atoms with Gasteiger partial charge in [0.05, 0.1) is 24.1 Å². The molecule has 130 valence electrons. The molecule has 2 aromatic heterocycles. The minimum absolute atomic E-state index is 0.0248. The molecule has 2 amide bonds. The number of thiophene rings is 1. The van der Waals surface area contributed by atoms with Crippen molar-refractivity contribution in [2.75, 3.05) is 26.2 Å². The Bertz CT molecular complexity index is 803. The molecular weight excluding hydrogens is 334 g/mol. The van der Waals surface area contributed by atoms with Crippen LogP contribution in [0.25, 0.3) is 11.0 Å². The number of aromatic amines is 1. The number of urea groups is 1. The number of carbonyl (C=O) groups excluding carboxylic acids is 1. The number of nitrogens with zero attached hydrogens (tertiary/aromatic N) is 3.